The van der Waals surface area contributed by atoms with Gasteiger partial charge in [-0.3, -0.25) is 4.79 Å². The second-order valence-electron chi connectivity index (χ2n) is 8.23. The maximum Gasteiger partial charge on any atom is 0.401 e. The number of alkyl halides is 3. The smallest absolute Gasteiger partial charge is 0.358 e. The van der Waals surface area contributed by atoms with Gasteiger partial charge in [0.1, 0.15) is 17.6 Å². The molecule has 9 nitrogen and oxygen atoms in total. The summed E-state index contributed by atoms with van der Waals surface area (Å²) in [4.78, 5) is 28.5. The summed E-state index contributed by atoms with van der Waals surface area (Å²) >= 11 is 0. The number of carbonyl (C=O) groups excluding carboxylic acids is 1. The Morgan fingerprint density at radius 3 is 2.39 bits per heavy atom. The summed E-state index contributed by atoms with van der Waals surface area (Å²) in [6.07, 6.45) is 2.53. The van der Waals surface area contributed by atoms with Crippen molar-refractivity contribution in [3.8, 4) is 11.1 Å². The van der Waals surface area contributed by atoms with Crippen LogP contribution in [-0.4, -0.2) is 37.2 Å². The molecule has 0 bridgehead atoms. The van der Waals surface area contributed by atoms with Gasteiger partial charge in [-0.05, 0) is 30.0 Å². The van der Waals surface area contributed by atoms with Crippen molar-refractivity contribution >= 4 is 23.4 Å². The summed E-state index contributed by atoms with van der Waals surface area (Å²) in [5.41, 5.74) is -0.299. The van der Waals surface area contributed by atoms with E-state index in [9.17, 15) is 22.4 Å². The Morgan fingerprint density at radius 2 is 1.75 bits per heavy atom. The van der Waals surface area contributed by atoms with Crippen molar-refractivity contribution in [2.24, 2.45) is 0 Å². The third-order valence-corrected chi connectivity index (χ3v) is 5.75. The quantitative estimate of drug-likeness (QED) is 0.355. The number of nitrogens with one attached hydrogen (secondary N) is 2. The third kappa shape index (κ3) is 4.72. The van der Waals surface area contributed by atoms with Crippen molar-refractivity contribution in [2.45, 2.75) is 30.9 Å². The van der Waals surface area contributed by atoms with Crippen LogP contribution in [0.3, 0.4) is 0 Å². The predicted octanol–water partition coefficient (Wildman–Crippen LogP) is 4.58. The van der Waals surface area contributed by atoms with Gasteiger partial charge in [0.2, 0.25) is 11.9 Å². The molecule has 13 heteroatoms. The Hall–Kier alpha value is -4.42. The van der Waals surface area contributed by atoms with E-state index in [1.165, 1.54) is 30.9 Å². The van der Waals surface area contributed by atoms with E-state index in [2.05, 4.69) is 35.7 Å². The number of benzene rings is 1. The number of amides is 1. The molecule has 4 aromatic rings. The zero-order valence-corrected chi connectivity index (χ0v) is 18.4. The molecule has 1 saturated carbocycles. The van der Waals surface area contributed by atoms with Crippen LogP contribution < -0.4 is 10.6 Å². The number of hydrogen-bond donors (Lipinski definition) is 2. The van der Waals surface area contributed by atoms with Crippen molar-refractivity contribution < 1.29 is 26.9 Å². The van der Waals surface area contributed by atoms with Crippen LogP contribution >= 0.6 is 0 Å². The number of carbonyl (C=O) groups is 1. The van der Waals surface area contributed by atoms with Crippen LogP contribution in [0.2, 0.25) is 0 Å². The average molecular weight is 499 g/mol. The van der Waals surface area contributed by atoms with Crippen molar-refractivity contribution in [2.75, 3.05) is 10.6 Å². The van der Waals surface area contributed by atoms with E-state index in [4.69, 9.17) is 4.52 Å². The minimum absolute atomic E-state index is 0.0943. The van der Waals surface area contributed by atoms with Crippen molar-refractivity contribution in [1.29, 1.82) is 0 Å². The molecule has 0 atom stereocenters. The molecule has 184 valence electrons. The summed E-state index contributed by atoms with van der Waals surface area (Å²) in [6, 6.07) is 5.35. The van der Waals surface area contributed by atoms with Crippen LogP contribution in [0.25, 0.3) is 11.1 Å². The standard InChI is InChI=1S/C23H17F4N7O2/c24-17-5-13(15-8-30-21(31-9-15)32-16-10-28-12-29-11-16)1-2-14(17)6-20(35)33-19-7-18(36-34-19)22(3-4-22)23(25,26)27/h1-2,5,7-12H,3-4,6H2,(H,30,31,32)(H,33,34,35). The van der Waals surface area contributed by atoms with Crippen LogP contribution in [0.1, 0.15) is 24.2 Å². The topological polar surface area (TPSA) is 119 Å². The maximum absolute atomic E-state index is 14.7. The first-order chi connectivity index (χ1) is 17.2. The van der Waals surface area contributed by atoms with Crippen molar-refractivity contribution in [1.82, 2.24) is 25.1 Å². The lowest BCUT2D eigenvalue weighted by atomic mass is 10.0. The first-order valence-corrected chi connectivity index (χ1v) is 10.7. The lowest BCUT2D eigenvalue weighted by Crippen LogP contribution is -2.28. The Kier molecular flexibility index (Phi) is 5.82. The Morgan fingerprint density at radius 1 is 1.03 bits per heavy atom. The maximum atomic E-state index is 14.7. The third-order valence-electron chi connectivity index (χ3n) is 5.75. The molecule has 0 saturated heterocycles. The lowest BCUT2D eigenvalue weighted by Gasteiger charge is -2.14. The Labute approximate surface area is 201 Å². The highest BCUT2D eigenvalue weighted by Crippen LogP contribution is 2.59. The second kappa shape index (κ2) is 8.98. The SMILES string of the molecule is O=C(Cc1ccc(-c2cnc(Nc3cncnc3)nc2)cc1F)Nc1cc(C2(C(F)(F)F)CC2)on1. The molecule has 1 aromatic carbocycles. The molecular formula is C23H17F4N7O2. The fourth-order valence-electron chi connectivity index (χ4n) is 3.62. The molecule has 0 unspecified atom stereocenters. The van der Waals surface area contributed by atoms with Gasteiger partial charge in [-0.1, -0.05) is 17.3 Å². The molecule has 36 heavy (non-hydrogen) atoms. The van der Waals surface area contributed by atoms with Crippen LogP contribution in [-0.2, 0) is 16.6 Å². The number of anilines is 3. The number of nitrogens with zero attached hydrogens (tertiary/aromatic N) is 5. The molecule has 0 spiro atoms. The summed E-state index contributed by atoms with van der Waals surface area (Å²) in [5, 5.41) is 8.78. The monoisotopic (exact) mass is 499 g/mol. The van der Waals surface area contributed by atoms with Crippen LogP contribution in [0, 0.1) is 5.82 Å². The van der Waals surface area contributed by atoms with E-state index in [0.717, 1.165) is 6.07 Å². The summed E-state index contributed by atoms with van der Waals surface area (Å²) in [7, 11) is 0. The van der Waals surface area contributed by atoms with E-state index in [0.29, 0.717) is 22.8 Å². The van der Waals surface area contributed by atoms with E-state index in [1.807, 2.05) is 0 Å². The van der Waals surface area contributed by atoms with Gasteiger partial charge in [-0.25, -0.2) is 24.3 Å². The second-order valence-corrected chi connectivity index (χ2v) is 8.23. The number of rotatable bonds is 7. The lowest BCUT2D eigenvalue weighted by molar-refractivity contribution is -0.165. The first-order valence-electron chi connectivity index (χ1n) is 10.7. The van der Waals surface area contributed by atoms with E-state index in [-0.39, 0.29) is 36.4 Å². The van der Waals surface area contributed by atoms with Gasteiger partial charge in [-0.2, -0.15) is 13.2 Å². The van der Waals surface area contributed by atoms with Crippen LogP contribution in [0.5, 0.6) is 0 Å². The molecule has 5 rings (SSSR count). The summed E-state index contributed by atoms with van der Waals surface area (Å²) in [5.74, 6) is -1.49. The molecule has 3 aromatic heterocycles. The molecule has 3 heterocycles. The van der Waals surface area contributed by atoms with Gasteiger partial charge in [-0.15, -0.1) is 0 Å². The van der Waals surface area contributed by atoms with Gasteiger partial charge in [0.05, 0.1) is 24.5 Å². The number of halogens is 4. The highest BCUT2D eigenvalue weighted by Gasteiger charge is 2.66. The van der Waals surface area contributed by atoms with E-state index in [1.54, 1.807) is 18.5 Å². The molecule has 1 fully saturated rings. The Bertz CT molecular complexity index is 1390. The van der Waals surface area contributed by atoms with Crippen molar-refractivity contribution in [3.05, 3.63) is 72.5 Å². The molecular weight excluding hydrogens is 482 g/mol. The van der Waals surface area contributed by atoms with Gasteiger partial charge in [0, 0.05) is 24.0 Å². The highest BCUT2D eigenvalue weighted by atomic mass is 19.4. The van der Waals surface area contributed by atoms with Gasteiger partial charge in [0.25, 0.3) is 0 Å². The minimum atomic E-state index is -4.46. The highest BCUT2D eigenvalue weighted by molar-refractivity contribution is 5.91. The number of hydrogen-bond acceptors (Lipinski definition) is 8. The van der Waals surface area contributed by atoms with Crippen LogP contribution in [0.4, 0.5) is 35.0 Å². The fourth-order valence-corrected chi connectivity index (χ4v) is 3.62. The molecule has 1 aliphatic carbocycles. The molecule has 2 N–H and O–H groups in total. The fraction of sp³-hybridized carbons (Fsp3) is 0.217. The average Bonchev–Trinajstić information content (AvgIpc) is 3.55. The molecule has 0 radical (unpaired) electrons. The van der Waals surface area contributed by atoms with Crippen molar-refractivity contribution in [3.63, 3.8) is 0 Å². The Balaban J connectivity index is 1.22. The number of aromatic nitrogens is 5. The van der Waals surface area contributed by atoms with Crippen LogP contribution in [0.15, 0.2) is 59.9 Å². The van der Waals surface area contributed by atoms with Gasteiger partial charge < -0.3 is 15.2 Å². The first kappa shape index (κ1) is 23.3. The molecule has 0 aliphatic heterocycles. The minimum Gasteiger partial charge on any atom is -0.358 e. The zero-order valence-electron chi connectivity index (χ0n) is 18.4. The normalized spacial score (nSPS) is 14.3. The molecule has 1 aliphatic rings. The molecule has 1 amide bonds. The largest absolute Gasteiger partial charge is 0.401 e. The van der Waals surface area contributed by atoms with Gasteiger partial charge in [0.15, 0.2) is 11.6 Å². The van der Waals surface area contributed by atoms with E-state index < -0.39 is 23.3 Å². The zero-order chi connectivity index (χ0) is 25.3. The summed E-state index contributed by atoms with van der Waals surface area (Å²) in [6.45, 7) is 0. The predicted molar refractivity (Wildman–Crippen MR) is 119 cm³/mol. The van der Waals surface area contributed by atoms with Gasteiger partial charge >= 0.3 is 6.18 Å². The summed E-state index contributed by atoms with van der Waals surface area (Å²) < 4.78 is 59.2. The van der Waals surface area contributed by atoms with E-state index >= 15 is 0 Å².